The number of benzene rings is 1. The third kappa shape index (κ3) is 3.38. The Labute approximate surface area is 117 Å². The zero-order valence-electron chi connectivity index (χ0n) is 12.7. The molecule has 1 heterocycles. The van der Waals surface area contributed by atoms with E-state index in [0.717, 1.165) is 25.3 Å². The Morgan fingerprint density at radius 3 is 2.58 bits per heavy atom. The summed E-state index contributed by atoms with van der Waals surface area (Å²) in [5, 5.41) is 0. The molecule has 0 saturated carbocycles. The average Bonchev–Trinajstić information content (AvgIpc) is 2.35. The highest BCUT2D eigenvalue weighted by atomic mass is 15.1. The lowest BCUT2D eigenvalue weighted by Crippen LogP contribution is -2.31. The predicted molar refractivity (Wildman–Crippen MR) is 83.0 cm³/mol. The summed E-state index contributed by atoms with van der Waals surface area (Å²) < 4.78 is 0. The zero-order valence-corrected chi connectivity index (χ0v) is 12.7. The molecule has 0 fully saturated rings. The monoisotopic (exact) mass is 258 g/mol. The molecule has 1 aliphatic heterocycles. The Balaban J connectivity index is 2.03. The first-order chi connectivity index (χ1) is 8.88. The highest BCUT2D eigenvalue weighted by Gasteiger charge is 2.21. The third-order valence-electron chi connectivity index (χ3n) is 4.14. The fraction of sp³-hybridized carbons (Fsp3) is 0.529. The summed E-state index contributed by atoms with van der Waals surface area (Å²) in [5.74, 6) is 0. The van der Waals surface area contributed by atoms with Crippen LogP contribution in [0.25, 0.3) is 0 Å². The van der Waals surface area contributed by atoms with Crippen molar-refractivity contribution < 1.29 is 0 Å². The van der Waals surface area contributed by atoms with Gasteiger partial charge in [0.25, 0.3) is 0 Å². The van der Waals surface area contributed by atoms with Crippen molar-refractivity contribution in [2.24, 2.45) is 5.41 Å². The SMILES string of the molecule is Cc1c(N)cccc1CN1CC=C(C(C)(C)C)CC1. The summed E-state index contributed by atoms with van der Waals surface area (Å²) in [6, 6.07) is 6.22. The van der Waals surface area contributed by atoms with Crippen molar-refractivity contribution in [1.29, 1.82) is 0 Å². The lowest BCUT2D eigenvalue weighted by molar-refractivity contribution is 0.271. The van der Waals surface area contributed by atoms with E-state index in [2.05, 4.69) is 50.8 Å². The van der Waals surface area contributed by atoms with Crippen molar-refractivity contribution in [3.05, 3.63) is 41.0 Å². The van der Waals surface area contributed by atoms with E-state index in [4.69, 9.17) is 5.73 Å². The number of nitrogens with two attached hydrogens (primary N) is 1. The minimum atomic E-state index is 0.319. The Morgan fingerprint density at radius 1 is 1.26 bits per heavy atom. The molecule has 0 atom stereocenters. The first-order valence-corrected chi connectivity index (χ1v) is 7.14. The molecule has 2 N–H and O–H groups in total. The van der Waals surface area contributed by atoms with Gasteiger partial charge in [0.15, 0.2) is 0 Å². The minimum Gasteiger partial charge on any atom is -0.399 e. The Bertz CT molecular complexity index is 481. The predicted octanol–water partition coefficient (Wildman–Crippen LogP) is 3.76. The maximum Gasteiger partial charge on any atom is 0.0346 e. The van der Waals surface area contributed by atoms with Crippen LogP contribution in [0.3, 0.4) is 0 Å². The summed E-state index contributed by atoms with van der Waals surface area (Å²) in [7, 11) is 0. The van der Waals surface area contributed by atoms with Gasteiger partial charge < -0.3 is 5.73 Å². The lowest BCUT2D eigenvalue weighted by atomic mass is 9.83. The normalized spacial score (nSPS) is 17.4. The molecular weight excluding hydrogens is 232 g/mol. The van der Waals surface area contributed by atoms with Gasteiger partial charge in [-0.25, -0.2) is 0 Å². The Kier molecular flexibility index (Phi) is 4.00. The molecule has 0 aromatic heterocycles. The summed E-state index contributed by atoms with van der Waals surface area (Å²) >= 11 is 0. The Morgan fingerprint density at radius 2 is 2.00 bits per heavy atom. The smallest absolute Gasteiger partial charge is 0.0346 e. The van der Waals surface area contributed by atoms with Crippen LogP contribution < -0.4 is 5.73 Å². The summed E-state index contributed by atoms with van der Waals surface area (Å²) in [4.78, 5) is 2.50. The van der Waals surface area contributed by atoms with Crippen LogP contribution in [0, 0.1) is 12.3 Å². The van der Waals surface area contributed by atoms with Gasteiger partial charge in [-0.1, -0.05) is 44.6 Å². The number of rotatable bonds is 2. The van der Waals surface area contributed by atoms with E-state index in [1.165, 1.54) is 17.5 Å². The summed E-state index contributed by atoms with van der Waals surface area (Å²) in [5.41, 5.74) is 11.4. The van der Waals surface area contributed by atoms with E-state index >= 15 is 0 Å². The van der Waals surface area contributed by atoms with Gasteiger partial charge in [0, 0.05) is 25.3 Å². The first-order valence-electron chi connectivity index (χ1n) is 7.14. The van der Waals surface area contributed by atoms with Crippen LogP contribution in [0.1, 0.15) is 38.3 Å². The number of hydrogen-bond donors (Lipinski definition) is 1. The van der Waals surface area contributed by atoms with Crippen molar-refractivity contribution >= 4 is 5.69 Å². The molecule has 0 aliphatic carbocycles. The van der Waals surface area contributed by atoms with E-state index in [9.17, 15) is 0 Å². The van der Waals surface area contributed by atoms with E-state index < -0.39 is 0 Å². The molecule has 104 valence electrons. The van der Waals surface area contributed by atoms with Crippen LogP contribution >= 0.6 is 0 Å². The van der Waals surface area contributed by atoms with E-state index in [-0.39, 0.29) is 0 Å². The van der Waals surface area contributed by atoms with Crippen LogP contribution in [0.15, 0.2) is 29.8 Å². The van der Waals surface area contributed by atoms with Crippen LogP contribution in [0.4, 0.5) is 5.69 Å². The molecule has 1 aromatic carbocycles. The second kappa shape index (κ2) is 5.38. The molecular formula is C17H26N2. The topological polar surface area (TPSA) is 29.3 Å². The quantitative estimate of drug-likeness (QED) is 0.646. The van der Waals surface area contributed by atoms with Gasteiger partial charge in [-0.2, -0.15) is 0 Å². The van der Waals surface area contributed by atoms with E-state index in [0.29, 0.717) is 5.41 Å². The minimum absolute atomic E-state index is 0.319. The van der Waals surface area contributed by atoms with E-state index in [1.54, 1.807) is 5.57 Å². The molecule has 19 heavy (non-hydrogen) atoms. The summed E-state index contributed by atoms with van der Waals surface area (Å²) in [6.45, 7) is 12.2. The van der Waals surface area contributed by atoms with Gasteiger partial charge in [0.2, 0.25) is 0 Å². The van der Waals surface area contributed by atoms with Crippen molar-refractivity contribution in [2.45, 2.75) is 40.7 Å². The molecule has 0 amide bonds. The molecule has 1 aromatic rings. The molecule has 2 rings (SSSR count). The molecule has 0 saturated heterocycles. The highest BCUT2D eigenvalue weighted by molar-refractivity contribution is 5.49. The van der Waals surface area contributed by atoms with E-state index in [1.807, 2.05) is 6.07 Å². The van der Waals surface area contributed by atoms with Crippen molar-refractivity contribution in [1.82, 2.24) is 4.90 Å². The van der Waals surface area contributed by atoms with Gasteiger partial charge >= 0.3 is 0 Å². The molecule has 0 spiro atoms. The van der Waals surface area contributed by atoms with Crippen molar-refractivity contribution in [2.75, 3.05) is 18.8 Å². The van der Waals surface area contributed by atoms with Gasteiger partial charge in [0.1, 0.15) is 0 Å². The lowest BCUT2D eigenvalue weighted by Gasteiger charge is -2.32. The van der Waals surface area contributed by atoms with Crippen molar-refractivity contribution in [3.8, 4) is 0 Å². The largest absolute Gasteiger partial charge is 0.399 e. The van der Waals surface area contributed by atoms with Crippen LogP contribution in [-0.4, -0.2) is 18.0 Å². The highest BCUT2D eigenvalue weighted by Crippen LogP contribution is 2.30. The maximum absolute atomic E-state index is 5.97. The number of hydrogen-bond acceptors (Lipinski definition) is 2. The fourth-order valence-corrected chi connectivity index (χ4v) is 2.65. The molecule has 2 heteroatoms. The zero-order chi connectivity index (χ0) is 14.0. The Hall–Kier alpha value is -1.28. The molecule has 2 nitrogen and oxygen atoms in total. The van der Waals surface area contributed by atoms with Gasteiger partial charge in [0.05, 0.1) is 0 Å². The fourth-order valence-electron chi connectivity index (χ4n) is 2.65. The van der Waals surface area contributed by atoms with Crippen molar-refractivity contribution in [3.63, 3.8) is 0 Å². The van der Waals surface area contributed by atoms with Gasteiger partial charge in [-0.3, -0.25) is 4.90 Å². The van der Waals surface area contributed by atoms with Crippen LogP contribution in [0.2, 0.25) is 0 Å². The molecule has 0 unspecified atom stereocenters. The number of nitrogen functional groups attached to an aromatic ring is 1. The standard InChI is InChI=1S/C17H26N2/c1-13-14(6-5-7-16(13)18)12-19-10-8-15(9-11-19)17(2,3)4/h5-8H,9-12,18H2,1-4H3. The number of anilines is 1. The maximum atomic E-state index is 5.97. The van der Waals surface area contributed by atoms with Gasteiger partial charge in [-0.05, 0) is 36.0 Å². The number of nitrogens with zero attached hydrogens (tertiary/aromatic N) is 1. The average molecular weight is 258 g/mol. The van der Waals surface area contributed by atoms with Gasteiger partial charge in [-0.15, -0.1) is 0 Å². The second-order valence-corrected chi connectivity index (χ2v) is 6.60. The third-order valence-corrected chi connectivity index (χ3v) is 4.14. The molecule has 0 radical (unpaired) electrons. The van der Waals surface area contributed by atoms with Crippen LogP contribution in [0.5, 0.6) is 0 Å². The summed E-state index contributed by atoms with van der Waals surface area (Å²) in [6.07, 6.45) is 3.59. The first kappa shape index (κ1) is 14.1. The second-order valence-electron chi connectivity index (χ2n) is 6.60. The molecule has 0 bridgehead atoms. The molecule has 1 aliphatic rings. The van der Waals surface area contributed by atoms with Crippen LogP contribution in [-0.2, 0) is 6.54 Å².